The Morgan fingerprint density at radius 3 is 2.69 bits per heavy atom. The second-order valence-corrected chi connectivity index (χ2v) is 5.06. The van der Waals surface area contributed by atoms with E-state index in [2.05, 4.69) is 25.3 Å². The highest BCUT2D eigenvalue weighted by molar-refractivity contribution is 7.90. The normalized spacial score (nSPS) is 12.2. The minimum atomic E-state index is -3.25. The zero-order valence-electron chi connectivity index (χ0n) is 7.35. The number of nitrogens with zero attached hydrogens (tertiary/aromatic N) is 3. The van der Waals surface area contributed by atoms with Gasteiger partial charge in [-0.1, -0.05) is 5.21 Å². The standard InChI is InChI=1S/C5H11N5O2S/c1-4(2)13(11,12)6-3-5-7-9-10-8-5/h4,6H,3H2,1-2H3,(H,7,8,9,10). The monoisotopic (exact) mass is 205 g/mol. The first-order chi connectivity index (χ1) is 6.02. The zero-order chi connectivity index (χ0) is 9.90. The van der Waals surface area contributed by atoms with Crippen LogP contribution in [-0.4, -0.2) is 34.3 Å². The fourth-order valence-corrected chi connectivity index (χ4v) is 1.25. The van der Waals surface area contributed by atoms with Crippen molar-refractivity contribution in [1.82, 2.24) is 25.3 Å². The van der Waals surface area contributed by atoms with Crippen molar-refractivity contribution in [2.45, 2.75) is 25.6 Å². The van der Waals surface area contributed by atoms with Crippen LogP contribution in [0.25, 0.3) is 0 Å². The lowest BCUT2D eigenvalue weighted by atomic mass is 10.6. The van der Waals surface area contributed by atoms with Crippen LogP contribution >= 0.6 is 0 Å². The number of tetrazole rings is 1. The SMILES string of the molecule is CC(C)S(=O)(=O)NCc1nn[nH]n1. The van der Waals surface area contributed by atoms with Gasteiger partial charge in [-0.05, 0) is 13.8 Å². The Labute approximate surface area is 76.0 Å². The maximum absolute atomic E-state index is 11.2. The Morgan fingerprint density at radius 2 is 2.23 bits per heavy atom. The van der Waals surface area contributed by atoms with E-state index in [9.17, 15) is 8.42 Å². The van der Waals surface area contributed by atoms with Crippen LogP contribution in [0.15, 0.2) is 0 Å². The summed E-state index contributed by atoms with van der Waals surface area (Å²) in [6.45, 7) is 3.26. The molecule has 1 aromatic heterocycles. The van der Waals surface area contributed by atoms with Gasteiger partial charge in [0.05, 0.1) is 11.8 Å². The van der Waals surface area contributed by atoms with Gasteiger partial charge in [-0.15, -0.1) is 10.2 Å². The van der Waals surface area contributed by atoms with Crippen molar-refractivity contribution in [2.24, 2.45) is 0 Å². The van der Waals surface area contributed by atoms with E-state index in [1.54, 1.807) is 13.8 Å². The van der Waals surface area contributed by atoms with Crippen LogP contribution < -0.4 is 4.72 Å². The third-order valence-corrected chi connectivity index (χ3v) is 3.23. The van der Waals surface area contributed by atoms with Gasteiger partial charge in [0.1, 0.15) is 0 Å². The molecule has 7 nitrogen and oxygen atoms in total. The van der Waals surface area contributed by atoms with E-state index < -0.39 is 15.3 Å². The molecule has 2 N–H and O–H groups in total. The summed E-state index contributed by atoms with van der Waals surface area (Å²) in [6.07, 6.45) is 0. The molecule has 0 bridgehead atoms. The van der Waals surface area contributed by atoms with E-state index in [0.29, 0.717) is 5.82 Å². The maximum atomic E-state index is 11.2. The van der Waals surface area contributed by atoms with Gasteiger partial charge in [-0.2, -0.15) is 5.21 Å². The Hall–Kier alpha value is -1.02. The van der Waals surface area contributed by atoms with Crippen molar-refractivity contribution in [1.29, 1.82) is 0 Å². The van der Waals surface area contributed by atoms with Crippen molar-refractivity contribution >= 4 is 10.0 Å². The van der Waals surface area contributed by atoms with E-state index in [1.165, 1.54) is 0 Å². The lowest BCUT2D eigenvalue weighted by Crippen LogP contribution is -2.30. The number of aromatic amines is 1. The topological polar surface area (TPSA) is 101 Å². The third-order valence-electron chi connectivity index (χ3n) is 1.44. The minimum absolute atomic E-state index is 0.0665. The van der Waals surface area contributed by atoms with E-state index >= 15 is 0 Å². The third kappa shape index (κ3) is 2.74. The highest BCUT2D eigenvalue weighted by Crippen LogP contribution is 1.96. The van der Waals surface area contributed by atoms with Gasteiger partial charge < -0.3 is 0 Å². The maximum Gasteiger partial charge on any atom is 0.214 e. The molecule has 0 amide bonds. The molecule has 0 unspecified atom stereocenters. The molecular weight excluding hydrogens is 194 g/mol. The highest BCUT2D eigenvalue weighted by atomic mass is 32.2. The minimum Gasteiger partial charge on any atom is -0.212 e. The Morgan fingerprint density at radius 1 is 1.54 bits per heavy atom. The number of H-pyrrole nitrogens is 1. The number of aromatic nitrogens is 4. The Bertz CT molecular complexity index is 343. The van der Waals surface area contributed by atoms with Crippen molar-refractivity contribution < 1.29 is 8.42 Å². The molecule has 0 fully saturated rings. The summed E-state index contributed by atoms with van der Waals surface area (Å²) in [5.74, 6) is 0.323. The molecule has 13 heavy (non-hydrogen) atoms. The second-order valence-electron chi connectivity index (χ2n) is 2.74. The van der Waals surface area contributed by atoms with Gasteiger partial charge in [0.25, 0.3) is 0 Å². The molecule has 0 aromatic carbocycles. The molecule has 0 spiro atoms. The number of rotatable bonds is 4. The van der Waals surface area contributed by atoms with Crippen molar-refractivity contribution in [3.05, 3.63) is 5.82 Å². The van der Waals surface area contributed by atoms with Gasteiger partial charge >= 0.3 is 0 Å². The molecule has 0 atom stereocenters. The fraction of sp³-hybridized carbons (Fsp3) is 0.800. The van der Waals surface area contributed by atoms with Gasteiger partial charge in [-0.3, -0.25) is 0 Å². The van der Waals surface area contributed by atoms with Crippen molar-refractivity contribution in [3.63, 3.8) is 0 Å². The van der Waals surface area contributed by atoms with E-state index in [-0.39, 0.29) is 6.54 Å². The number of hydrogen-bond acceptors (Lipinski definition) is 5. The summed E-state index contributed by atoms with van der Waals surface area (Å²) in [6, 6.07) is 0. The molecule has 1 heterocycles. The average Bonchev–Trinajstić information content (AvgIpc) is 2.52. The first-order valence-electron chi connectivity index (χ1n) is 3.73. The first-order valence-corrected chi connectivity index (χ1v) is 5.28. The molecule has 8 heteroatoms. The predicted octanol–water partition coefficient (Wildman–Crippen LogP) is -0.972. The average molecular weight is 205 g/mol. The Balaban J connectivity index is 2.53. The van der Waals surface area contributed by atoms with Gasteiger partial charge in [0.2, 0.25) is 10.0 Å². The first kappa shape index (κ1) is 10.1. The molecular formula is C5H11N5O2S. The number of sulfonamides is 1. The highest BCUT2D eigenvalue weighted by Gasteiger charge is 2.15. The molecule has 1 aromatic rings. The van der Waals surface area contributed by atoms with Crippen LogP contribution in [0.4, 0.5) is 0 Å². The van der Waals surface area contributed by atoms with E-state index in [4.69, 9.17) is 0 Å². The predicted molar refractivity (Wildman–Crippen MR) is 45.1 cm³/mol. The summed E-state index contributed by atoms with van der Waals surface area (Å²) >= 11 is 0. The largest absolute Gasteiger partial charge is 0.214 e. The van der Waals surface area contributed by atoms with Crippen LogP contribution in [-0.2, 0) is 16.6 Å². The zero-order valence-corrected chi connectivity index (χ0v) is 8.17. The van der Waals surface area contributed by atoms with Crippen LogP contribution in [0.5, 0.6) is 0 Å². The van der Waals surface area contributed by atoms with Gasteiger partial charge in [-0.25, -0.2) is 13.1 Å². The van der Waals surface area contributed by atoms with Crippen LogP contribution in [0.2, 0.25) is 0 Å². The molecule has 0 saturated heterocycles. The lowest BCUT2D eigenvalue weighted by molar-refractivity contribution is 0.570. The van der Waals surface area contributed by atoms with Crippen LogP contribution in [0.3, 0.4) is 0 Å². The molecule has 74 valence electrons. The van der Waals surface area contributed by atoms with E-state index in [0.717, 1.165) is 0 Å². The van der Waals surface area contributed by atoms with E-state index in [1.807, 2.05) is 0 Å². The van der Waals surface area contributed by atoms with Crippen LogP contribution in [0, 0.1) is 0 Å². The quantitative estimate of drug-likeness (QED) is 0.658. The fourth-order valence-electron chi connectivity index (χ4n) is 0.589. The summed E-state index contributed by atoms with van der Waals surface area (Å²) in [5, 5.41) is 12.3. The molecule has 0 radical (unpaired) electrons. The number of hydrogen-bond donors (Lipinski definition) is 2. The molecule has 0 aliphatic rings. The Kier molecular flexibility index (Phi) is 2.94. The summed E-state index contributed by atoms with van der Waals surface area (Å²) in [4.78, 5) is 0. The summed E-state index contributed by atoms with van der Waals surface area (Å²) in [5.41, 5.74) is 0. The molecule has 0 aliphatic carbocycles. The molecule has 0 aliphatic heterocycles. The summed E-state index contributed by atoms with van der Waals surface area (Å²) in [7, 11) is -3.25. The van der Waals surface area contributed by atoms with Crippen molar-refractivity contribution in [2.75, 3.05) is 0 Å². The van der Waals surface area contributed by atoms with Gasteiger partial charge in [0, 0.05) is 0 Å². The van der Waals surface area contributed by atoms with Gasteiger partial charge in [0.15, 0.2) is 5.82 Å². The lowest BCUT2D eigenvalue weighted by Gasteiger charge is -2.06. The molecule has 1 rings (SSSR count). The molecule has 0 saturated carbocycles. The van der Waals surface area contributed by atoms with Crippen LogP contribution in [0.1, 0.15) is 19.7 Å². The smallest absolute Gasteiger partial charge is 0.212 e. The second kappa shape index (κ2) is 3.79. The number of nitrogens with one attached hydrogen (secondary N) is 2. The summed E-state index contributed by atoms with van der Waals surface area (Å²) < 4.78 is 24.8. The van der Waals surface area contributed by atoms with Crippen molar-refractivity contribution in [3.8, 4) is 0 Å².